The fraction of sp³-hybridized carbons (Fsp3) is 0. The number of hydrogen-bond donors (Lipinski definition) is 3. The molecular weight excluding hydrogens is 374 g/mol. The number of fused-ring (bicyclic) bond motifs is 1. The molecule has 0 fully saturated rings. The molecule has 0 aromatic heterocycles. The van der Waals surface area contributed by atoms with E-state index < -0.39 is 0 Å². The number of halogens is 1. The van der Waals surface area contributed by atoms with Crippen molar-refractivity contribution in [2.24, 2.45) is 10.1 Å². The van der Waals surface area contributed by atoms with Crippen LogP contribution in [0.4, 0.5) is 5.69 Å². The molecule has 7 heteroatoms. The number of hydrazone groups is 1. The summed E-state index contributed by atoms with van der Waals surface area (Å²) in [4.78, 5) is 16.8. The van der Waals surface area contributed by atoms with Gasteiger partial charge in [0.15, 0.2) is 0 Å². The quantitative estimate of drug-likeness (QED) is 0.586. The molecule has 1 heterocycles. The maximum atomic E-state index is 12.2. The van der Waals surface area contributed by atoms with E-state index in [0.717, 1.165) is 11.1 Å². The number of carbonyl (C=O) groups is 1. The Morgan fingerprint density at radius 2 is 1.64 bits per heavy atom. The van der Waals surface area contributed by atoms with Crippen LogP contribution >= 0.6 is 11.6 Å². The standard InChI is InChI=1S/C21H16ClN5O/c22-16-11-12-18-17(13-16)19(14-7-3-1-4-8-14)24-26-21(23-18)27-25-20(28)15-9-5-2-6-10-15/h1-13H,(H,25,28)(H2,23,26,27). The van der Waals surface area contributed by atoms with Gasteiger partial charge in [-0.1, -0.05) is 60.1 Å². The van der Waals surface area contributed by atoms with Gasteiger partial charge in [0.25, 0.3) is 5.91 Å². The Hall–Kier alpha value is -3.64. The van der Waals surface area contributed by atoms with Crippen molar-refractivity contribution in [3.05, 3.63) is 101 Å². The Balaban J connectivity index is 1.62. The Kier molecular flexibility index (Phi) is 5.03. The monoisotopic (exact) mass is 389 g/mol. The van der Waals surface area contributed by atoms with Crippen molar-refractivity contribution in [3.8, 4) is 0 Å². The lowest BCUT2D eigenvalue weighted by molar-refractivity contribution is 0.0943. The molecule has 1 aliphatic heterocycles. The Labute approximate surface area is 166 Å². The van der Waals surface area contributed by atoms with Crippen molar-refractivity contribution in [1.82, 2.24) is 16.3 Å². The molecule has 0 radical (unpaired) electrons. The first-order chi connectivity index (χ1) is 13.7. The second-order valence-electron chi connectivity index (χ2n) is 6.01. The Bertz CT molecular complexity index is 1060. The lowest BCUT2D eigenvalue weighted by Gasteiger charge is -2.09. The number of nitrogens with one attached hydrogen (secondary N) is 3. The van der Waals surface area contributed by atoms with Gasteiger partial charge in [0.05, 0.1) is 5.69 Å². The molecule has 28 heavy (non-hydrogen) atoms. The van der Waals surface area contributed by atoms with Crippen molar-refractivity contribution in [2.75, 3.05) is 0 Å². The first kappa shape index (κ1) is 17.8. The van der Waals surface area contributed by atoms with Crippen molar-refractivity contribution >= 4 is 34.9 Å². The molecule has 4 rings (SSSR count). The van der Waals surface area contributed by atoms with E-state index in [4.69, 9.17) is 11.6 Å². The van der Waals surface area contributed by atoms with Crippen LogP contribution in [0.3, 0.4) is 0 Å². The van der Waals surface area contributed by atoms with Crippen LogP contribution in [0, 0.1) is 0 Å². The molecule has 0 saturated heterocycles. The fourth-order valence-electron chi connectivity index (χ4n) is 2.76. The first-order valence-corrected chi connectivity index (χ1v) is 8.97. The van der Waals surface area contributed by atoms with Crippen LogP contribution in [0.25, 0.3) is 0 Å². The molecule has 0 unspecified atom stereocenters. The van der Waals surface area contributed by atoms with E-state index in [0.29, 0.717) is 27.9 Å². The zero-order valence-corrected chi connectivity index (χ0v) is 15.4. The average Bonchev–Trinajstić information content (AvgIpc) is 2.92. The van der Waals surface area contributed by atoms with Crippen LogP contribution in [-0.4, -0.2) is 17.6 Å². The van der Waals surface area contributed by atoms with Gasteiger partial charge in [-0.2, -0.15) is 5.10 Å². The summed E-state index contributed by atoms with van der Waals surface area (Å²) in [5.41, 5.74) is 11.9. The molecule has 0 spiro atoms. The number of guanidine groups is 1. The summed E-state index contributed by atoms with van der Waals surface area (Å²) in [6.07, 6.45) is 0. The Morgan fingerprint density at radius 3 is 2.39 bits per heavy atom. The normalized spacial score (nSPS) is 12.6. The highest BCUT2D eigenvalue weighted by Crippen LogP contribution is 2.27. The van der Waals surface area contributed by atoms with E-state index in [1.54, 1.807) is 30.3 Å². The number of hydrazine groups is 1. The highest BCUT2D eigenvalue weighted by molar-refractivity contribution is 6.31. The van der Waals surface area contributed by atoms with Gasteiger partial charge in [0, 0.05) is 21.7 Å². The molecule has 0 saturated carbocycles. The summed E-state index contributed by atoms with van der Waals surface area (Å²) >= 11 is 6.19. The molecule has 3 N–H and O–H groups in total. The molecule has 0 atom stereocenters. The molecular formula is C21H16ClN5O. The van der Waals surface area contributed by atoms with E-state index in [1.807, 2.05) is 48.5 Å². The van der Waals surface area contributed by atoms with Crippen LogP contribution in [-0.2, 0) is 0 Å². The van der Waals surface area contributed by atoms with Crippen molar-refractivity contribution in [2.45, 2.75) is 0 Å². The molecule has 0 bridgehead atoms. The van der Waals surface area contributed by atoms with Gasteiger partial charge in [-0.05, 0) is 30.3 Å². The summed E-state index contributed by atoms with van der Waals surface area (Å²) in [7, 11) is 0. The van der Waals surface area contributed by atoms with Crippen LogP contribution < -0.4 is 16.3 Å². The maximum Gasteiger partial charge on any atom is 0.269 e. The van der Waals surface area contributed by atoms with Gasteiger partial charge in [-0.15, -0.1) is 0 Å². The molecule has 0 aliphatic carbocycles. The molecule has 6 nitrogen and oxygen atoms in total. The Morgan fingerprint density at radius 1 is 0.929 bits per heavy atom. The summed E-state index contributed by atoms with van der Waals surface area (Å²) in [6, 6.07) is 24.0. The number of amides is 1. The number of aliphatic imine (C=N–C) groups is 1. The second kappa shape index (κ2) is 7.94. The third-order valence-electron chi connectivity index (χ3n) is 4.10. The van der Waals surface area contributed by atoms with E-state index >= 15 is 0 Å². The topological polar surface area (TPSA) is 77.9 Å². The first-order valence-electron chi connectivity index (χ1n) is 8.60. The lowest BCUT2D eigenvalue weighted by atomic mass is 10.0. The van der Waals surface area contributed by atoms with Gasteiger partial charge in [0.1, 0.15) is 5.71 Å². The third-order valence-corrected chi connectivity index (χ3v) is 4.33. The van der Waals surface area contributed by atoms with Crippen molar-refractivity contribution in [3.63, 3.8) is 0 Å². The van der Waals surface area contributed by atoms with Gasteiger partial charge < -0.3 is 0 Å². The van der Waals surface area contributed by atoms with Crippen LogP contribution in [0.2, 0.25) is 5.02 Å². The summed E-state index contributed by atoms with van der Waals surface area (Å²) < 4.78 is 0. The highest BCUT2D eigenvalue weighted by Gasteiger charge is 2.17. The minimum atomic E-state index is -0.280. The predicted octanol–water partition coefficient (Wildman–Crippen LogP) is 3.62. The zero-order valence-electron chi connectivity index (χ0n) is 14.7. The van der Waals surface area contributed by atoms with Crippen LogP contribution in [0.15, 0.2) is 89.0 Å². The van der Waals surface area contributed by atoms with Gasteiger partial charge >= 0.3 is 0 Å². The molecule has 3 aromatic rings. The smallest absolute Gasteiger partial charge is 0.267 e. The van der Waals surface area contributed by atoms with Crippen LogP contribution in [0.1, 0.15) is 21.5 Å². The summed E-state index contributed by atoms with van der Waals surface area (Å²) in [6.45, 7) is 0. The highest BCUT2D eigenvalue weighted by atomic mass is 35.5. The number of hydrogen-bond acceptors (Lipinski definition) is 5. The van der Waals surface area contributed by atoms with Gasteiger partial charge in [0.2, 0.25) is 5.96 Å². The van der Waals surface area contributed by atoms with Crippen molar-refractivity contribution < 1.29 is 4.79 Å². The average molecular weight is 390 g/mol. The predicted molar refractivity (Wildman–Crippen MR) is 111 cm³/mol. The molecule has 138 valence electrons. The van der Waals surface area contributed by atoms with Gasteiger partial charge in [-0.3, -0.25) is 15.6 Å². The van der Waals surface area contributed by atoms with Crippen LogP contribution in [0.5, 0.6) is 0 Å². The largest absolute Gasteiger partial charge is 0.269 e. The second-order valence-corrected chi connectivity index (χ2v) is 6.44. The minimum Gasteiger partial charge on any atom is -0.267 e. The van der Waals surface area contributed by atoms with E-state index in [1.165, 1.54) is 0 Å². The number of rotatable bonds is 2. The van der Waals surface area contributed by atoms with Crippen molar-refractivity contribution in [1.29, 1.82) is 0 Å². The molecule has 3 aromatic carbocycles. The molecule has 1 amide bonds. The maximum absolute atomic E-state index is 12.2. The number of nitrogens with zero attached hydrogens (tertiary/aromatic N) is 2. The van der Waals surface area contributed by atoms with E-state index in [9.17, 15) is 4.79 Å². The summed E-state index contributed by atoms with van der Waals surface area (Å²) in [5.74, 6) is 0.0109. The van der Waals surface area contributed by atoms with E-state index in [-0.39, 0.29) is 5.91 Å². The number of benzene rings is 3. The minimum absolute atomic E-state index is 0.280. The lowest BCUT2D eigenvalue weighted by Crippen LogP contribution is -2.46. The summed E-state index contributed by atoms with van der Waals surface area (Å²) in [5, 5.41) is 5.06. The zero-order chi connectivity index (χ0) is 19.3. The SMILES string of the molecule is O=C(NNC1=Nc2ccc(Cl)cc2C(c2ccccc2)=NN1)c1ccccc1. The van der Waals surface area contributed by atoms with Gasteiger partial charge in [-0.25, -0.2) is 10.4 Å². The fourth-order valence-corrected chi connectivity index (χ4v) is 2.93. The van der Waals surface area contributed by atoms with E-state index in [2.05, 4.69) is 26.4 Å². The molecule has 1 aliphatic rings. The number of carbonyl (C=O) groups excluding carboxylic acids is 1. The third kappa shape index (κ3) is 3.87.